The molecule has 0 spiro atoms. The number of ether oxygens (including phenoxy) is 2. The molecule has 1 fully saturated rings. The first kappa shape index (κ1) is 12.5. The second-order valence-corrected chi connectivity index (χ2v) is 4.46. The number of hydrogen-bond donors (Lipinski definition) is 0. The highest BCUT2D eigenvalue weighted by atomic mass is 16.7. The van der Waals surface area contributed by atoms with Crippen molar-refractivity contribution < 1.29 is 14.3 Å². The number of carbonyl (C=O) groups is 1. The van der Waals surface area contributed by atoms with Crippen LogP contribution < -0.4 is 0 Å². The molecule has 88 valence electrons. The maximum Gasteiger partial charge on any atom is 0.341 e. The van der Waals surface area contributed by atoms with Gasteiger partial charge in [-0.1, -0.05) is 33.1 Å². The Morgan fingerprint density at radius 1 is 1.33 bits per heavy atom. The van der Waals surface area contributed by atoms with E-state index in [0.717, 1.165) is 12.8 Å². The molecule has 0 aromatic carbocycles. The van der Waals surface area contributed by atoms with E-state index in [4.69, 9.17) is 9.47 Å². The van der Waals surface area contributed by atoms with E-state index in [9.17, 15) is 4.79 Å². The van der Waals surface area contributed by atoms with Gasteiger partial charge in [0.1, 0.15) is 5.60 Å². The minimum atomic E-state index is -0.657. The summed E-state index contributed by atoms with van der Waals surface area (Å²) in [5.74, 6) is -0.219. The Hall–Kier alpha value is -0.570. The van der Waals surface area contributed by atoms with Crippen LogP contribution in [-0.4, -0.2) is 24.3 Å². The van der Waals surface area contributed by atoms with Crippen LogP contribution in [0.2, 0.25) is 0 Å². The zero-order chi connectivity index (χ0) is 11.5. The molecule has 3 nitrogen and oxygen atoms in total. The molecule has 3 heteroatoms. The van der Waals surface area contributed by atoms with Crippen molar-refractivity contribution in [2.45, 2.75) is 64.1 Å². The normalized spacial score (nSPS) is 33.9. The lowest BCUT2D eigenvalue weighted by atomic mass is 9.87. The van der Waals surface area contributed by atoms with Gasteiger partial charge in [-0.2, -0.15) is 0 Å². The summed E-state index contributed by atoms with van der Waals surface area (Å²) in [7, 11) is 1.42. The van der Waals surface area contributed by atoms with Gasteiger partial charge in [0, 0.05) is 0 Å². The largest absolute Gasteiger partial charge is 0.467 e. The summed E-state index contributed by atoms with van der Waals surface area (Å²) in [5.41, 5.74) is -0.945. The molecule has 2 unspecified atom stereocenters. The quantitative estimate of drug-likeness (QED) is 0.387. The molecule has 2 atom stereocenters. The van der Waals surface area contributed by atoms with Crippen LogP contribution in [0, 0.1) is 0 Å². The highest BCUT2D eigenvalue weighted by Crippen LogP contribution is 2.54. The summed E-state index contributed by atoms with van der Waals surface area (Å²) in [6, 6.07) is 0. The summed E-state index contributed by atoms with van der Waals surface area (Å²) in [6.07, 6.45) is 5.14. The SMILES string of the molecule is CCCCCC1(C)OC1(CC)C(=O)OC. The predicted octanol–water partition coefficient (Wildman–Crippen LogP) is 2.68. The Kier molecular flexibility index (Phi) is 3.77. The third-order valence-corrected chi connectivity index (χ3v) is 3.48. The van der Waals surface area contributed by atoms with Crippen LogP contribution in [-0.2, 0) is 14.3 Å². The lowest BCUT2D eigenvalue weighted by Crippen LogP contribution is -2.33. The molecule has 0 aliphatic carbocycles. The number of esters is 1. The fourth-order valence-electron chi connectivity index (χ4n) is 2.34. The van der Waals surface area contributed by atoms with Crippen molar-refractivity contribution in [2.24, 2.45) is 0 Å². The average Bonchev–Trinajstić information content (AvgIpc) is 2.85. The molecule has 0 amide bonds. The van der Waals surface area contributed by atoms with Crippen LogP contribution in [0.25, 0.3) is 0 Å². The molecule has 1 rings (SSSR count). The number of methoxy groups -OCH3 is 1. The minimum absolute atomic E-state index is 0.219. The van der Waals surface area contributed by atoms with E-state index in [2.05, 4.69) is 6.92 Å². The number of rotatable bonds is 6. The van der Waals surface area contributed by atoms with Gasteiger partial charge in [-0.3, -0.25) is 0 Å². The summed E-state index contributed by atoms with van der Waals surface area (Å²) >= 11 is 0. The lowest BCUT2D eigenvalue weighted by Gasteiger charge is -2.12. The van der Waals surface area contributed by atoms with Gasteiger partial charge in [0.25, 0.3) is 0 Å². The molecule has 1 aliphatic heterocycles. The number of epoxide rings is 1. The number of carbonyl (C=O) groups excluding carboxylic acids is 1. The monoisotopic (exact) mass is 214 g/mol. The van der Waals surface area contributed by atoms with Gasteiger partial charge in [0.2, 0.25) is 0 Å². The zero-order valence-electron chi connectivity index (χ0n) is 10.3. The third kappa shape index (κ3) is 2.03. The minimum Gasteiger partial charge on any atom is -0.467 e. The van der Waals surface area contributed by atoms with Crippen LogP contribution in [0.5, 0.6) is 0 Å². The summed E-state index contributed by atoms with van der Waals surface area (Å²) in [5, 5.41) is 0. The zero-order valence-corrected chi connectivity index (χ0v) is 10.3. The first-order valence-corrected chi connectivity index (χ1v) is 5.85. The summed E-state index contributed by atoms with van der Waals surface area (Å²) in [6.45, 7) is 6.16. The van der Waals surface area contributed by atoms with Crippen molar-refractivity contribution >= 4 is 5.97 Å². The van der Waals surface area contributed by atoms with Crippen molar-refractivity contribution in [1.29, 1.82) is 0 Å². The molecule has 1 saturated heterocycles. The molecule has 0 aromatic rings. The van der Waals surface area contributed by atoms with Crippen LogP contribution >= 0.6 is 0 Å². The van der Waals surface area contributed by atoms with Crippen LogP contribution in [0.4, 0.5) is 0 Å². The molecule has 1 heterocycles. The topological polar surface area (TPSA) is 38.8 Å². The van der Waals surface area contributed by atoms with E-state index in [1.165, 1.54) is 20.0 Å². The van der Waals surface area contributed by atoms with Crippen molar-refractivity contribution in [1.82, 2.24) is 0 Å². The van der Waals surface area contributed by atoms with Crippen molar-refractivity contribution in [3.63, 3.8) is 0 Å². The van der Waals surface area contributed by atoms with Gasteiger partial charge in [0.15, 0.2) is 5.60 Å². The Morgan fingerprint density at radius 2 is 2.00 bits per heavy atom. The molecule has 15 heavy (non-hydrogen) atoms. The van der Waals surface area contributed by atoms with E-state index in [-0.39, 0.29) is 11.6 Å². The molecule has 0 bridgehead atoms. The van der Waals surface area contributed by atoms with E-state index in [1.807, 2.05) is 13.8 Å². The molecule has 0 aromatic heterocycles. The Bertz CT molecular complexity index is 239. The van der Waals surface area contributed by atoms with Gasteiger partial charge < -0.3 is 9.47 Å². The van der Waals surface area contributed by atoms with E-state index in [0.29, 0.717) is 6.42 Å². The second-order valence-electron chi connectivity index (χ2n) is 4.46. The first-order valence-electron chi connectivity index (χ1n) is 5.85. The van der Waals surface area contributed by atoms with Gasteiger partial charge in [-0.05, 0) is 19.8 Å². The number of unbranched alkanes of at least 4 members (excludes halogenated alkanes) is 2. The Balaban J connectivity index is 2.55. The molecular weight excluding hydrogens is 192 g/mol. The highest BCUT2D eigenvalue weighted by molar-refractivity contribution is 5.84. The molecule has 1 aliphatic rings. The lowest BCUT2D eigenvalue weighted by molar-refractivity contribution is -0.147. The van der Waals surface area contributed by atoms with E-state index < -0.39 is 5.60 Å². The van der Waals surface area contributed by atoms with Crippen molar-refractivity contribution in [2.75, 3.05) is 7.11 Å². The average molecular weight is 214 g/mol. The Labute approximate surface area is 92.1 Å². The van der Waals surface area contributed by atoms with Crippen LogP contribution in [0.1, 0.15) is 52.9 Å². The second kappa shape index (κ2) is 4.52. The van der Waals surface area contributed by atoms with Gasteiger partial charge >= 0.3 is 5.97 Å². The summed E-state index contributed by atoms with van der Waals surface area (Å²) in [4.78, 5) is 11.6. The summed E-state index contributed by atoms with van der Waals surface area (Å²) < 4.78 is 10.5. The first-order chi connectivity index (χ1) is 7.06. The smallest absolute Gasteiger partial charge is 0.341 e. The van der Waals surface area contributed by atoms with Crippen LogP contribution in [0.3, 0.4) is 0 Å². The Morgan fingerprint density at radius 3 is 2.47 bits per heavy atom. The van der Waals surface area contributed by atoms with E-state index in [1.54, 1.807) is 0 Å². The molecule has 0 radical (unpaired) electrons. The maximum absolute atomic E-state index is 11.6. The predicted molar refractivity (Wildman–Crippen MR) is 58.7 cm³/mol. The number of hydrogen-bond acceptors (Lipinski definition) is 3. The van der Waals surface area contributed by atoms with Gasteiger partial charge in [-0.25, -0.2) is 4.79 Å². The fraction of sp³-hybridized carbons (Fsp3) is 0.917. The molecular formula is C12H22O3. The van der Waals surface area contributed by atoms with Gasteiger partial charge in [0.05, 0.1) is 7.11 Å². The molecule has 0 N–H and O–H groups in total. The highest BCUT2D eigenvalue weighted by Gasteiger charge is 2.70. The van der Waals surface area contributed by atoms with Gasteiger partial charge in [-0.15, -0.1) is 0 Å². The van der Waals surface area contributed by atoms with Crippen molar-refractivity contribution in [3.05, 3.63) is 0 Å². The third-order valence-electron chi connectivity index (χ3n) is 3.48. The van der Waals surface area contributed by atoms with Crippen LogP contribution in [0.15, 0.2) is 0 Å². The standard InChI is InChI=1S/C12H22O3/c1-5-7-8-9-11(3)12(6-2,15-11)10(13)14-4/h5-9H2,1-4H3. The fourth-order valence-corrected chi connectivity index (χ4v) is 2.34. The maximum atomic E-state index is 11.6. The van der Waals surface area contributed by atoms with Crippen molar-refractivity contribution in [3.8, 4) is 0 Å². The molecule has 0 saturated carbocycles. The van der Waals surface area contributed by atoms with E-state index >= 15 is 0 Å².